The molecular weight excluding hydrogens is 434 g/mol. The Hall–Kier alpha value is -2.55. The van der Waals surface area contributed by atoms with Gasteiger partial charge in [0.2, 0.25) is 0 Å². The van der Waals surface area contributed by atoms with Crippen LogP contribution < -0.4 is 5.56 Å². The van der Waals surface area contributed by atoms with Crippen LogP contribution in [-0.4, -0.2) is 72.1 Å². The predicted molar refractivity (Wildman–Crippen MR) is 122 cm³/mol. The second kappa shape index (κ2) is 10.8. The van der Waals surface area contributed by atoms with Crippen LogP contribution >= 0.6 is 11.6 Å². The molecule has 3 rings (SSSR count). The van der Waals surface area contributed by atoms with Crippen molar-refractivity contribution in [3.05, 3.63) is 62.5 Å². The minimum atomic E-state index is -0.514. The number of aromatic hydroxyl groups is 1. The van der Waals surface area contributed by atoms with E-state index in [0.29, 0.717) is 62.2 Å². The van der Waals surface area contributed by atoms with Crippen LogP contribution in [0.25, 0.3) is 0 Å². The summed E-state index contributed by atoms with van der Waals surface area (Å²) in [6.07, 6.45) is -0.341. The van der Waals surface area contributed by atoms with Gasteiger partial charge in [0, 0.05) is 50.6 Å². The molecule has 1 aliphatic rings. The first kappa shape index (κ1) is 24.1. The number of benzene rings is 1. The molecule has 1 aliphatic heterocycles. The summed E-state index contributed by atoms with van der Waals surface area (Å²) in [5, 5.41) is 11.4. The van der Waals surface area contributed by atoms with Crippen molar-refractivity contribution in [3.63, 3.8) is 0 Å². The number of amides is 1. The summed E-state index contributed by atoms with van der Waals surface area (Å²) in [6.45, 7) is 6.59. The fourth-order valence-electron chi connectivity index (χ4n) is 4.10. The van der Waals surface area contributed by atoms with Crippen LogP contribution in [0.5, 0.6) is 5.75 Å². The number of hydrogen-bond donors (Lipinski definition) is 1. The molecule has 2 heterocycles. The quantitative estimate of drug-likeness (QED) is 0.679. The van der Waals surface area contributed by atoms with Crippen LogP contribution in [0, 0.1) is 6.92 Å². The summed E-state index contributed by atoms with van der Waals surface area (Å²) < 4.78 is 11.9. The number of aromatic nitrogens is 1. The minimum Gasteiger partial charge on any atom is -0.507 e. The molecule has 1 aromatic carbocycles. The Morgan fingerprint density at radius 2 is 1.94 bits per heavy atom. The molecule has 1 aromatic heterocycles. The molecule has 9 heteroatoms. The molecule has 1 N–H and O–H groups in total. The lowest BCUT2D eigenvalue weighted by Gasteiger charge is -2.39. The first-order valence-electron chi connectivity index (χ1n) is 10.7. The van der Waals surface area contributed by atoms with E-state index >= 15 is 0 Å². The average Bonchev–Trinajstić information content (AvgIpc) is 2.77. The van der Waals surface area contributed by atoms with Gasteiger partial charge in [-0.2, -0.15) is 0 Å². The maximum Gasteiger partial charge on any atom is 0.409 e. The first-order chi connectivity index (χ1) is 15.4. The van der Waals surface area contributed by atoms with Crippen molar-refractivity contribution in [2.45, 2.75) is 26.4 Å². The van der Waals surface area contributed by atoms with Gasteiger partial charge in [-0.1, -0.05) is 23.7 Å². The number of halogens is 1. The van der Waals surface area contributed by atoms with Crippen molar-refractivity contribution < 1.29 is 19.4 Å². The van der Waals surface area contributed by atoms with Crippen LogP contribution in [0.1, 0.15) is 29.8 Å². The fraction of sp³-hybridized carbons (Fsp3) is 0.478. The van der Waals surface area contributed by atoms with E-state index in [1.807, 2.05) is 18.2 Å². The normalized spacial score (nSPS) is 15.6. The molecule has 8 nitrogen and oxygen atoms in total. The van der Waals surface area contributed by atoms with E-state index < -0.39 is 6.04 Å². The van der Waals surface area contributed by atoms with E-state index in [1.165, 1.54) is 0 Å². The maximum absolute atomic E-state index is 13.5. The Bertz CT molecular complexity index is 1000. The Morgan fingerprint density at radius 1 is 1.22 bits per heavy atom. The summed E-state index contributed by atoms with van der Waals surface area (Å²) in [4.78, 5) is 29.4. The van der Waals surface area contributed by atoms with Gasteiger partial charge in [0.15, 0.2) is 0 Å². The Labute approximate surface area is 192 Å². The number of hydrogen-bond acceptors (Lipinski definition) is 6. The van der Waals surface area contributed by atoms with Crippen molar-refractivity contribution >= 4 is 17.7 Å². The van der Waals surface area contributed by atoms with Crippen LogP contribution in [0.2, 0.25) is 5.02 Å². The SMILES string of the molecule is CCOC(=O)N1CCN([C@@H](c2cccc(Cl)c2)c2c(O)cc(C)n(CCOC)c2=O)CC1. The first-order valence-corrected chi connectivity index (χ1v) is 11.1. The maximum atomic E-state index is 13.5. The highest BCUT2D eigenvalue weighted by Gasteiger charge is 2.32. The largest absolute Gasteiger partial charge is 0.507 e. The third kappa shape index (κ3) is 5.26. The van der Waals surface area contributed by atoms with Gasteiger partial charge in [0.1, 0.15) is 5.75 Å². The molecule has 2 aromatic rings. The van der Waals surface area contributed by atoms with Crippen LogP contribution in [0.15, 0.2) is 35.1 Å². The molecule has 0 bridgehead atoms. The third-order valence-electron chi connectivity index (χ3n) is 5.69. The molecule has 174 valence electrons. The molecule has 0 aliphatic carbocycles. The smallest absolute Gasteiger partial charge is 0.409 e. The minimum absolute atomic E-state index is 0.0565. The predicted octanol–water partition coefficient (Wildman–Crippen LogP) is 3.03. The molecule has 0 radical (unpaired) electrons. The molecule has 1 saturated heterocycles. The monoisotopic (exact) mass is 463 g/mol. The number of nitrogens with zero attached hydrogens (tertiary/aromatic N) is 3. The number of aryl methyl sites for hydroxylation is 1. The van der Waals surface area contributed by atoms with Gasteiger partial charge in [0.05, 0.1) is 24.8 Å². The van der Waals surface area contributed by atoms with Crippen molar-refractivity contribution in [2.24, 2.45) is 0 Å². The Balaban J connectivity index is 2.02. The summed E-state index contributed by atoms with van der Waals surface area (Å²) >= 11 is 6.27. The van der Waals surface area contributed by atoms with E-state index in [9.17, 15) is 14.7 Å². The molecule has 0 saturated carbocycles. The summed E-state index contributed by atoms with van der Waals surface area (Å²) in [5.41, 5.74) is 1.48. The number of rotatable bonds is 7. The van der Waals surface area contributed by atoms with Gasteiger partial charge in [-0.3, -0.25) is 9.69 Å². The highest BCUT2D eigenvalue weighted by Crippen LogP contribution is 2.34. The van der Waals surface area contributed by atoms with Crippen LogP contribution in [0.3, 0.4) is 0 Å². The van der Waals surface area contributed by atoms with E-state index in [0.717, 1.165) is 5.56 Å². The van der Waals surface area contributed by atoms with Gasteiger partial charge in [0.25, 0.3) is 5.56 Å². The molecule has 0 spiro atoms. The second-order valence-corrected chi connectivity index (χ2v) is 8.15. The van der Waals surface area contributed by atoms with E-state index in [4.69, 9.17) is 21.1 Å². The number of ether oxygens (including phenoxy) is 2. The lowest BCUT2D eigenvalue weighted by atomic mass is 9.96. The number of piperazine rings is 1. The van der Waals surface area contributed by atoms with E-state index in [-0.39, 0.29) is 17.4 Å². The molecule has 0 unspecified atom stereocenters. The molecule has 1 amide bonds. The summed E-state index contributed by atoms with van der Waals surface area (Å²) in [7, 11) is 1.58. The van der Waals surface area contributed by atoms with Gasteiger partial charge in [-0.25, -0.2) is 4.79 Å². The zero-order chi connectivity index (χ0) is 23.3. The topological polar surface area (TPSA) is 84.2 Å². The van der Waals surface area contributed by atoms with Crippen molar-refractivity contribution in [3.8, 4) is 5.75 Å². The Kier molecular flexibility index (Phi) is 8.17. The number of pyridine rings is 1. The van der Waals surface area contributed by atoms with Gasteiger partial charge < -0.3 is 24.0 Å². The van der Waals surface area contributed by atoms with Crippen LogP contribution in [-0.2, 0) is 16.0 Å². The lowest BCUT2D eigenvalue weighted by molar-refractivity contribution is 0.0709. The Morgan fingerprint density at radius 3 is 2.56 bits per heavy atom. The number of carbonyl (C=O) groups is 1. The standard InChI is InChI=1S/C23H30ClN3O5/c1-4-32-23(30)26-10-8-25(9-11-26)21(17-6-5-7-18(24)15-17)20-19(28)14-16(2)27(22(20)29)12-13-31-3/h5-7,14-15,21,28H,4,8-13H2,1-3H3/t21-/m0/s1. The number of carbonyl (C=O) groups excluding carboxylic acids is 1. The second-order valence-electron chi connectivity index (χ2n) is 7.71. The molecular formula is C23H30ClN3O5. The molecule has 1 atom stereocenters. The fourth-order valence-corrected chi connectivity index (χ4v) is 4.30. The van der Waals surface area contributed by atoms with Crippen molar-refractivity contribution in [2.75, 3.05) is 46.5 Å². The van der Waals surface area contributed by atoms with Gasteiger partial charge in [-0.05, 0) is 37.6 Å². The van der Waals surface area contributed by atoms with Crippen molar-refractivity contribution in [1.29, 1.82) is 0 Å². The van der Waals surface area contributed by atoms with E-state index in [1.54, 1.807) is 42.6 Å². The highest BCUT2D eigenvalue weighted by molar-refractivity contribution is 6.30. The zero-order valence-electron chi connectivity index (χ0n) is 18.7. The van der Waals surface area contributed by atoms with Crippen LogP contribution in [0.4, 0.5) is 4.79 Å². The zero-order valence-corrected chi connectivity index (χ0v) is 19.5. The average molecular weight is 464 g/mol. The molecule has 1 fully saturated rings. The highest BCUT2D eigenvalue weighted by atomic mass is 35.5. The lowest BCUT2D eigenvalue weighted by Crippen LogP contribution is -2.50. The van der Waals surface area contributed by atoms with Crippen molar-refractivity contribution in [1.82, 2.24) is 14.4 Å². The van der Waals surface area contributed by atoms with E-state index in [2.05, 4.69) is 4.90 Å². The van der Waals surface area contributed by atoms with Gasteiger partial charge in [-0.15, -0.1) is 0 Å². The summed E-state index contributed by atoms with van der Waals surface area (Å²) in [6, 6.07) is 8.40. The number of methoxy groups -OCH3 is 1. The molecule has 32 heavy (non-hydrogen) atoms. The van der Waals surface area contributed by atoms with Gasteiger partial charge >= 0.3 is 6.09 Å². The summed E-state index contributed by atoms with van der Waals surface area (Å²) in [5.74, 6) is -0.0565. The third-order valence-corrected chi connectivity index (χ3v) is 5.92.